The third kappa shape index (κ3) is 7.68. The molecule has 0 aromatic heterocycles. The summed E-state index contributed by atoms with van der Waals surface area (Å²) in [6.07, 6.45) is -0.254. The van der Waals surface area contributed by atoms with Crippen LogP contribution in [0, 0.1) is 3.57 Å². The molecular weight excluding hydrogens is 702 g/mol. The summed E-state index contributed by atoms with van der Waals surface area (Å²) in [5.74, 6) is -0.150. The van der Waals surface area contributed by atoms with Crippen LogP contribution in [0.25, 0.3) is 0 Å². The summed E-state index contributed by atoms with van der Waals surface area (Å²) in [7, 11) is 1.46. The summed E-state index contributed by atoms with van der Waals surface area (Å²) < 4.78 is 18.1. The molecule has 1 aliphatic carbocycles. The Labute approximate surface area is 267 Å². The van der Waals surface area contributed by atoms with E-state index < -0.39 is 30.3 Å². The number of rotatable bonds is 11. The molecule has 0 spiro atoms. The van der Waals surface area contributed by atoms with Crippen molar-refractivity contribution in [3.05, 3.63) is 66.7 Å². The number of benzene rings is 2. The number of ether oxygens (including phenoxy) is 3. The standard InChI is InChI=1S/C29H33Cl2IN2O8/c1-40-25-10-16(15-36)9-21(32)27(25)42-24-12-18(28(38)33-6-7-35)11-22(26(24)37)34(29(39)23-3-2-8-41-23)14-17-4-5-19(30)13-20(17)31/h4-5,9-10,12-13,22-24,26,35-37H,2-3,6-8,11,14-15H2,1H3,(H,33,38)/t22-,23?,24+,26+/m1/s1. The van der Waals surface area contributed by atoms with Gasteiger partial charge in [0, 0.05) is 41.7 Å². The van der Waals surface area contributed by atoms with Crippen LogP contribution in [-0.4, -0.2) is 83.3 Å². The smallest absolute Gasteiger partial charge is 0.252 e. The molecule has 228 valence electrons. The largest absolute Gasteiger partial charge is 0.493 e. The van der Waals surface area contributed by atoms with Gasteiger partial charge in [0.05, 0.1) is 29.9 Å². The van der Waals surface area contributed by atoms with Crippen molar-refractivity contribution in [2.45, 2.75) is 56.8 Å². The van der Waals surface area contributed by atoms with Gasteiger partial charge < -0.3 is 39.7 Å². The predicted molar refractivity (Wildman–Crippen MR) is 165 cm³/mol. The summed E-state index contributed by atoms with van der Waals surface area (Å²) in [4.78, 5) is 28.5. The lowest BCUT2D eigenvalue weighted by atomic mass is 9.87. The molecule has 2 amide bonds. The van der Waals surface area contributed by atoms with E-state index in [0.29, 0.717) is 49.3 Å². The molecule has 2 aromatic carbocycles. The van der Waals surface area contributed by atoms with E-state index in [4.69, 9.17) is 37.4 Å². The number of carbonyl (C=O) groups is 2. The van der Waals surface area contributed by atoms with Crippen LogP contribution in [0.4, 0.5) is 0 Å². The Hall–Kier alpha value is -2.13. The molecule has 0 radical (unpaired) electrons. The van der Waals surface area contributed by atoms with Crippen LogP contribution in [-0.2, 0) is 27.5 Å². The lowest BCUT2D eigenvalue weighted by Crippen LogP contribution is -2.56. The van der Waals surface area contributed by atoms with E-state index in [2.05, 4.69) is 5.32 Å². The lowest BCUT2D eigenvalue weighted by Gasteiger charge is -2.41. The highest BCUT2D eigenvalue weighted by Gasteiger charge is 2.43. The van der Waals surface area contributed by atoms with Crippen LogP contribution in [0.1, 0.15) is 30.4 Å². The quantitative estimate of drug-likeness (QED) is 0.259. The fraction of sp³-hybridized carbons (Fsp3) is 0.448. The minimum Gasteiger partial charge on any atom is -0.493 e. The van der Waals surface area contributed by atoms with Crippen molar-refractivity contribution in [2.75, 3.05) is 26.9 Å². The number of aliphatic hydroxyl groups is 3. The van der Waals surface area contributed by atoms with Gasteiger partial charge in [0.2, 0.25) is 5.91 Å². The van der Waals surface area contributed by atoms with E-state index in [1.165, 1.54) is 18.1 Å². The van der Waals surface area contributed by atoms with Gasteiger partial charge in [-0.1, -0.05) is 29.3 Å². The second-order valence-corrected chi connectivity index (χ2v) is 12.0. The molecule has 1 fully saturated rings. The third-order valence-electron chi connectivity index (χ3n) is 7.18. The van der Waals surface area contributed by atoms with Gasteiger partial charge >= 0.3 is 0 Å². The van der Waals surface area contributed by atoms with E-state index >= 15 is 0 Å². The molecule has 4 N–H and O–H groups in total. The molecule has 4 atom stereocenters. The van der Waals surface area contributed by atoms with Gasteiger partial charge in [-0.3, -0.25) is 9.59 Å². The summed E-state index contributed by atoms with van der Waals surface area (Å²) >= 11 is 14.6. The summed E-state index contributed by atoms with van der Waals surface area (Å²) in [5.41, 5.74) is 1.49. The zero-order valence-electron chi connectivity index (χ0n) is 22.9. The third-order valence-corrected chi connectivity index (χ3v) is 8.57. The fourth-order valence-corrected chi connectivity index (χ4v) is 6.31. The van der Waals surface area contributed by atoms with Crippen molar-refractivity contribution in [2.24, 2.45) is 0 Å². The highest BCUT2D eigenvalue weighted by Crippen LogP contribution is 2.38. The Morgan fingerprint density at radius 2 is 2.00 bits per heavy atom. The lowest BCUT2D eigenvalue weighted by molar-refractivity contribution is -0.149. The number of aliphatic hydroxyl groups excluding tert-OH is 3. The van der Waals surface area contributed by atoms with Crippen molar-refractivity contribution >= 4 is 57.6 Å². The van der Waals surface area contributed by atoms with E-state index in [0.717, 1.165) is 6.42 Å². The molecule has 0 bridgehead atoms. The van der Waals surface area contributed by atoms with Crippen LogP contribution >= 0.6 is 45.8 Å². The molecule has 2 aliphatic rings. The zero-order valence-corrected chi connectivity index (χ0v) is 26.6. The van der Waals surface area contributed by atoms with Crippen LogP contribution in [0.5, 0.6) is 11.5 Å². The first-order valence-electron chi connectivity index (χ1n) is 13.4. The number of nitrogens with zero attached hydrogens (tertiary/aromatic N) is 1. The Balaban J connectivity index is 1.75. The average Bonchev–Trinajstić information content (AvgIpc) is 3.52. The molecule has 1 saturated heterocycles. The number of halogens is 3. The number of carbonyl (C=O) groups excluding carboxylic acids is 2. The second kappa shape index (κ2) is 15.0. The van der Waals surface area contributed by atoms with Crippen molar-refractivity contribution in [1.29, 1.82) is 0 Å². The molecule has 13 heteroatoms. The Morgan fingerprint density at radius 3 is 2.64 bits per heavy atom. The first kappa shape index (κ1) is 32.8. The number of hydrogen-bond donors (Lipinski definition) is 4. The summed E-state index contributed by atoms with van der Waals surface area (Å²) in [5, 5.41) is 34.1. The van der Waals surface area contributed by atoms with Crippen molar-refractivity contribution in [1.82, 2.24) is 10.2 Å². The van der Waals surface area contributed by atoms with E-state index in [1.54, 1.807) is 30.3 Å². The first-order valence-corrected chi connectivity index (χ1v) is 15.3. The highest BCUT2D eigenvalue weighted by molar-refractivity contribution is 14.1. The predicted octanol–water partition coefficient (Wildman–Crippen LogP) is 3.22. The molecule has 1 aliphatic heterocycles. The maximum Gasteiger partial charge on any atom is 0.252 e. The Morgan fingerprint density at radius 1 is 1.21 bits per heavy atom. The van der Waals surface area contributed by atoms with Crippen LogP contribution < -0.4 is 14.8 Å². The maximum atomic E-state index is 13.9. The molecule has 10 nitrogen and oxygen atoms in total. The van der Waals surface area contributed by atoms with Gasteiger partial charge in [-0.15, -0.1) is 0 Å². The maximum absolute atomic E-state index is 13.9. The van der Waals surface area contributed by atoms with Crippen molar-refractivity contribution < 1.29 is 39.1 Å². The topological polar surface area (TPSA) is 138 Å². The van der Waals surface area contributed by atoms with E-state index in [-0.39, 0.29) is 44.2 Å². The zero-order chi connectivity index (χ0) is 30.4. The molecule has 4 rings (SSSR count). The molecule has 1 unspecified atom stereocenters. The fourth-order valence-electron chi connectivity index (χ4n) is 5.04. The van der Waals surface area contributed by atoms with E-state index in [9.17, 15) is 24.9 Å². The second-order valence-electron chi connectivity index (χ2n) is 9.99. The Bertz CT molecular complexity index is 1320. The van der Waals surface area contributed by atoms with Gasteiger partial charge in [-0.25, -0.2) is 0 Å². The van der Waals surface area contributed by atoms with Crippen LogP contribution in [0.3, 0.4) is 0 Å². The Kier molecular flexibility index (Phi) is 11.7. The van der Waals surface area contributed by atoms with Gasteiger partial charge in [-0.05, 0) is 76.9 Å². The van der Waals surface area contributed by atoms with E-state index in [1.807, 2.05) is 22.6 Å². The number of methoxy groups -OCH3 is 1. The number of amides is 2. The minimum absolute atomic E-state index is 0.0135. The van der Waals surface area contributed by atoms with Gasteiger partial charge in [0.1, 0.15) is 18.3 Å². The van der Waals surface area contributed by atoms with Crippen LogP contribution in [0.2, 0.25) is 10.0 Å². The van der Waals surface area contributed by atoms with Gasteiger partial charge in [0.25, 0.3) is 5.91 Å². The number of nitrogens with one attached hydrogen (secondary N) is 1. The van der Waals surface area contributed by atoms with Crippen molar-refractivity contribution in [3.8, 4) is 11.5 Å². The normalized spacial score (nSPS) is 21.9. The molecule has 1 heterocycles. The highest BCUT2D eigenvalue weighted by atomic mass is 127. The van der Waals surface area contributed by atoms with Crippen LogP contribution in [0.15, 0.2) is 42.0 Å². The van der Waals surface area contributed by atoms with Gasteiger partial charge in [-0.2, -0.15) is 0 Å². The van der Waals surface area contributed by atoms with Gasteiger partial charge in [0.15, 0.2) is 11.5 Å². The summed E-state index contributed by atoms with van der Waals surface area (Å²) in [6, 6.07) is 7.40. The molecule has 42 heavy (non-hydrogen) atoms. The summed E-state index contributed by atoms with van der Waals surface area (Å²) in [6.45, 7) is 0.0460. The first-order chi connectivity index (χ1) is 20.2. The molecular formula is C29H33Cl2IN2O8. The van der Waals surface area contributed by atoms with Crippen molar-refractivity contribution in [3.63, 3.8) is 0 Å². The SMILES string of the molecule is COc1cc(CO)cc(I)c1O[C@H]1C=C(C(=O)NCCO)C[C@@H](N(Cc2ccc(Cl)cc2Cl)C(=O)C2CCCO2)[C@@H]1O. The minimum atomic E-state index is -1.27. The average molecular weight is 735 g/mol. The molecule has 2 aromatic rings. The monoisotopic (exact) mass is 734 g/mol. The number of hydrogen-bond acceptors (Lipinski definition) is 8. The molecule has 0 saturated carbocycles.